The van der Waals surface area contributed by atoms with Crippen LogP contribution in [0.1, 0.15) is 5.56 Å². The summed E-state index contributed by atoms with van der Waals surface area (Å²) in [5.41, 5.74) is 1.70. The predicted octanol–water partition coefficient (Wildman–Crippen LogP) is 4.39. The Bertz CT molecular complexity index is 1010. The molecule has 0 radical (unpaired) electrons. The van der Waals surface area contributed by atoms with Crippen LogP contribution in [0.2, 0.25) is 0 Å². The van der Waals surface area contributed by atoms with Crippen LogP contribution in [-0.4, -0.2) is 34.7 Å². The molecule has 27 heavy (non-hydrogen) atoms. The first-order valence-corrected chi connectivity index (χ1v) is 11.2. The largest absolute Gasteiger partial charge is 0.378 e. The van der Waals surface area contributed by atoms with Crippen molar-refractivity contribution in [1.82, 2.24) is 0 Å². The fourth-order valence-corrected chi connectivity index (χ4v) is 5.38. The molecule has 8 heteroatoms. The molecule has 0 bridgehead atoms. The van der Waals surface area contributed by atoms with Gasteiger partial charge in [-0.25, -0.2) is 8.42 Å². The zero-order valence-electron chi connectivity index (χ0n) is 14.2. The first-order chi connectivity index (χ1) is 12.9. The number of nitrogens with zero attached hydrogens (tertiary/aromatic N) is 2. The van der Waals surface area contributed by atoms with E-state index in [1.165, 1.54) is 12.1 Å². The van der Waals surface area contributed by atoms with Crippen LogP contribution in [0.5, 0.6) is 0 Å². The minimum atomic E-state index is -3.94. The average Bonchev–Trinajstić information content (AvgIpc) is 2.69. The second-order valence-corrected chi connectivity index (χ2v) is 9.55. The van der Waals surface area contributed by atoms with Crippen molar-refractivity contribution in [3.05, 3.63) is 61.9 Å². The molecule has 0 spiro atoms. The number of morpholine rings is 1. The number of halogens is 2. The van der Waals surface area contributed by atoms with Gasteiger partial charge in [0.05, 0.1) is 18.1 Å². The van der Waals surface area contributed by atoms with Crippen molar-refractivity contribution in [3.8, 4) is 6.07 Å². The Hall–Kier alpha value is -1.66. The molecule has 0 unspecified atom stereocenters. The highest BCUT2D eigenvalue weighted by Crippen LogP contribution is 2.30. The quantitative estimate of drug-likeness (QED) is 0.569. The normalized spacial score (nSPS) is 15.4. The van der Waals surface area contributed by atoms with Crippen molar-refractivity contribution in [2.45, 2.75) is 4.90 Å². The SMILES string of the molecule is N#C/C(=C\c1ccc(N2CCOCC2)cc1)S(=O)(=O)c1cc(Br)ccc1Br. The smallest absolute Gasteiger partial charge is 0.217 e. The summed E-state index contributed by atoms with van der Waals surface area (Å²) in [5, 5.41) is 9.46. The van der Waals surface area contributed by atoms with Crippen molar-refractivity contribution in [2.75, 3.05) is 31.2 Å². The number of ether oxygens (including phenoxy) is 1. The maximum absolute atomic E-state index is 12.9. The number of hydrogen-bond donors (Lipinski definition) is 0. The van der Waals surface area contributed by atoms with Gasteiger partial charge in [-0.05, 0) is 57.9 Å². The zero-order valence-corrected chi connectivity index (χ0v) is 18.2. The molecule has 0 aromatic heterocycles. The molecular weight excluding hydrogens is 496 g/mol. The van der Waals surface area contributed by atoms with E-state index in [4.69, 9.17) is 4.74 Å². The molecule has 2 aromatic rings. The van der Waals surface area contributed by atoms with Crippen molar-refractivity contribution >= 4 is 53.5 Å². The summed E-state index contributed by atoms with van der Waals surface area (Å²) in [5.74, 6) is 0. The highest BCUT2D eigenvalue weighted by atomic mass is 79.9. The molecule has 1 saturated heterocycles. The van der Waals surface area contributed by atoms with E-state index in [1.807, 2.05) is 30.3 Å². The summed E-state index contributed by atoms with van der Waals surface area (Å²) >= 11 is 6.52. The van der Waals surface area contributed by atoms with Gasteiger partial charge in [0.15, 0.2) is 0 Å². The Morgan fingerprint density at radius 3 is 2.41 bits per heavy atom. The summed E-state index contributed by atoms with van der Waals surface area (Å²) in [4.78, 5) is 1.95. The Kier molecular flexibility index (Phi) is 6.37. The third-order valence-electron chi connectivity index (χ3n) is 4.15. The van der Waals surface area contributed by atoms with Crippen molar-refractivity contribution < 1.29 is 13.2 Å². The number of anilines is 1. The number of hydrogen-bond acceptors (Lipinski definition) is 5. The van der Waals surface area contributed by atoms with E-state index in [0.717, 1.165) is 18.8 Å². The van der Waals surface area contributed by atoms with Crippen LogP contribution in [-0.2, 0) is 14.6 Å². The molecule has 1 aliphatic rings. The molecule has 0 saturated carbocycles. The molecule has 140 valence electrons. The standard InChI is InChI=1S/C19H16Br2N2O3S/c20-15-3-6-18(21)19(12-15)27(24,25)17(13-22)11-14-1-4-16(5-2-14)23-7-9-26-10-8-23/h1-6,11-12H,7-10H2/b17-11+. The fraction of sp³-hybridized carbons (Fsp3) is 0.211. The third kappa shape index (κ3) is 4.61. The Morgan fingerprint density at radius 1 is 1.11 bits per heavy atom. The van der Waals surface area contributed by atoms with Crippen LogP contribution in [0, 0.1) is 11.3 Å². The van der Waals surface area contributed by atoms with Gasteiger partial charge in [-0.2, -0.15) is 5.26 Å². The van der Waals surface area contributed by atoms with Gasteiger partial charge in [-0.15, -0.1) is 0 Å². The summed E-state index contributed by atoms with van der Waals surface area (Å²) in [6, 6.07) is 14.1. The van der Waals surface area contributed by atoms with Crippen molar-refractivity contribution in [2.24, 2.45) is 0 Å². The zero-order chi connectivity index (χ0) is 19.4. The lowest BCUT2D eigenvalue weighted by Gasteiger charge is -2.28. The van der Waals surface area contributed by atoms with Crippen LogP contribution in [0.15, 0.2) is 61.2 Å². The Labute approximate surface area is 175 Å². The maximum Gasteiger partial charge on any atom is 0.217 e. The van der Waals surface area contributed by atoms with Crippen LogP contribution in [0.4, 0.5) is 5.69 Å². The molecule has 1 fully saturated rings. The van der Waals surface area contributed by atoms with E-state index < -0.39 is 9.84 Å². The van der Waals surface area contributed by atoms with Crippen molar-refractivity contribution in [1.29, 1.82) is 5.26 Å². The number of rotatable bonds is 4. The van der Waals surface area contributed by atoms with E-state index in [-0.39, 0.29) is 9.80 Å². The highest BCUT2D eigenvalue weighted by molar-refractivity contribution is 9.11. The molecule has 1 heterocycles. The fourth-order valence-electron chi connectivity index (χ4n) is 2.73. The summed E-state index contributed by atoms with van der Waals surface area (Å²) < 4.78 is 32.2. The molecule has 3 rings (SSSR count). The van der Waals surface area contributed by atoms with Crippen molar-refractivity contribution in [3.63, 3.8) is 0 Å². The molecule has 0 atom stereocenters. The lowest BCUT2D eigenvalue weighted by Crippen LogP contribution is -2.36. The average molecular weight is 512 g/mol. The van der Waals surface area contributed by atoms with Crippen LogP contribution in [0.25, 0.3) is 6.08 Å². The first-order valence-electron chi connectivity index (χ1n) is 8.16. The number of benzene rings is 2. The Morgan fingerprint density at radius 2 is 1.78 bits per heavy atom. The second-order valence-electron chi connectivity index (χ2n) is 5.89. The van der Waals surface area contributed by atoms with Gasteiger partial charge in [0, 0.05) is 27.7 Å². The molecule has 0 N–H and O–H groups in total. The maximum atomic E-state index is 12.9. The van der Waals surface area contributed by atoms with Crippen LogP contribution < -0.4 is 4.90 Å². The van der Waals surface area contributed by atoms with Crippen LogP contribution >= 0.6 is 31.9 Å². The van der Waals surface area contributed by atoms with E-state index in [9.17, 15) is 13.7 Å². The van der Waals surface area contributed by atoms with Gasteiger partial charge >= 0.3 is 0 Å². The first kappa shape index (κ1) is 20.1. The summed E-state index contributed by atoms with van der Waals surface area (Å²) in [6.45, 7) is 3.04. The minimum Gasteiger partial charge on any atom is -0.378 e. The minimum absolute atomic E-state index is 0.0506. The van der Waals surface area contributed by atoms with Gasteiger partial charge < -0.3 is 9.64 Å². The molecule has 1 aliphatic heterocycles. The van der Waals surface area contributed by atoms with Gasteiger partial charge in [-0.1, -0.05) is 28.1 Å². The molecule has 0 amide bonds. The monoisotopic (exact) mass is 510 g/mol. The topological polar surface area (TPSA) is 70.4 Å². The van der Waals surface area contributed by atoms with E-state index in [0.29, 0.717) is 27.7 Å². The molecular formula is C19H16Br2N2O3S. The molecule has 2 aromatic carbocycles. The Balaban J connectivity index is 1.92. The van der Waals surface area contributed by atoms with E-state index in [2.05, 4.69) is 36.8 Å². The molecule has 0 aliphatic carbocycles. The van der Waals surface area contributed by atoms with Gasteiger partial charge in [0.2, 0.25) is 9.84 Å². The molecule has 5 nitrogen and oxygen atoms in total. The number of sulfone groups is 1. The van der Waals surface area contributed by atoms with E-state index in [1.54, 1.807) is 12.1 Å². The van der Waals surface area contributed by atoms with Gasteiger partial charge in [-0.3, -0.25) is 0 Å². The lowest BCUT2D eigenvalue weighted by molar-refractivity contribution is 0.122. The summed E-state index contributed by atoms with van der Waals surface area (Å²) in [7, 11) is -3.94. The number of nitriles is 1. The number of allylic oxidation sites excluding steroid dienone is 1. The van der Waals surface area contributed by atoms with E-state index >= 15 is 0 Å². The summed E-state index contributed by atoms with van der Waals surface area (Å²) in [6.07, 6.45) is 1.39. The lowest BCUT2D eigenvalue weighted by atomic mass is 10.2. The van der Waals surface area contributed by atoms with Gasteiger partial charge in [0.25, 0.3) is 0 Å². The third-order valence-corrected chi connectivity index (χ3v) is 7.30. The highest BCUT2D eigenvalue weighted by Gasteiger charge is 2.24. The van der Waals surface area contributed by atoms with Crippen LogP contribution in [0.3, 0.4) is 0 Å². The second kappa shape index (κ2) is 8.57. The predicted molar refractivity (Wildman–Crippen MR) is 112 cm³/mol. The van der Waals surface area contributed by atoms with Gasteiger partial charge in [0.1, 0.15) is 11.0 Å².